The van der Waals surface area contributed by atoms with Gasteiger partial charge < -0.3 is 20.3 Å². The number of rotatable bonds is 7. The Morgan fingerprint density at radius 3 is 2.75 bits per heavy atom. The third kappa shape index (κ3) is 6.53. The van der Waals surface area contributed by atoms with Crippen LogP contribution < -0.4 is 10.6 Å². The molecule has 0 spiro atoms. The Balaban J connectivity index is 2.24. The van der Waals surface area contributed by atoms with E-state index in [1.54, 1.807) is 14.2 Å². The molecule has 0 aromatic carbocycles. The number of likely N-dealkylation sites (N-methyl/N-ethyl adjacent to an activating group) is 1. The van der Waals surface area contributed by atoms with E-state index in [-0.39, 0.29) is 17.5 Å². The van der Waals surface area contributed by atoms with Crippen molar-refractivity contribution in [2.45, 2.75) is 12.5 Å². The maximum Gasteiger partial charge on any atom is 0.191 e. The quantitative estimate of drug-likeness (QED) is 0.460. The molecule has 118 valence electrons. The minimum absolute atomic E-state index is 0.0302. The van der Waals surface area contributed by atoms with Gasteiger partial charge >= 0.3 is 0 Å². The van der Waals surface area contributed by atoms with Crippen LogP contribution in [0.3, 0.4) is 0 Å². The van der Waals surface area contributed by atoms with Crippen molar-refractivity contribution in [2.75, 3.05) is 59.0 Å². The van der Waals surface area contributed by atoms with Crippen molar-refractivity contribution in [3.8, 4) is 0 Å². The Labute approximate surface area is 121 Å². The molecule has 0 bridgehead atoms. The van der Waals surface area contributed by atoms with Gasteiger partial charge in [-0.2, -0.15) is 0 Å². The average molecular weight is 306 g/mol. The summed E-state index contributed by atoms with van der Waals surface area (Å²) >= 11 is 0. The lowest BCUT2D eigenvalue weighted by Gasteiger charge is -2.19. The minimum atomic E-state index is -2.86. The molecule has 1 heterocycles. The van der Waals surface area contributed by atoms with Crippen molar-refractivity contribution < 1.29 is 13.2 Å². The monoisotopic (exact) mass is 306 g/mol. The fourth-order valence-electron chi connectivity index (χ4n) is 2.02. The SMILES string of the molecule is CN=C(NCCN(C)CCOC)NC1CCS(=O)(=O)C1. The Morgan fingerprint density at radius 2 is 2.20 bits per heavy atom. The number of ether oxygens (including phenoxy) is 1. The van der Waals surface area contributed by atoms with Gasteiger partial charge in [-0.25, -0.2) is 8.42 Å². The minimum Gasteiger partial charge on any atom is -0.383 e. The fraction of sp³-hybridized carbons (Fsp3) is 0.917. The van der Waals surface area contributed by atoms with Crippen LogP contribution in [0.25, 0.3) is 0 Å². The summed E-state index contributed by atoms with van der Waals surface area (Å²) in [5, 5.41) is 6.35. The van der Waals surface area contributed by atoms with Crippen LogP contribution in [0.1, 0.15) is 6.42 Å². The van der Waals surface area contributed by atoms with E-state index in [2.05, 4.69) is 20.5 Å². The van der Waals surface area contributed by atoms with Crippen molar-refractivity contribution in [3.05, 3.63) is 0 Å². The Kier molecular flexibility index (Phi) is 7.25. The lowest BCUT2D eigenvalue weighted by Crippen LogP contribution is -2.46. The first-order valence-electron chi connectivity index (χ1n) is 6.82. The molecule has 0 aromatic heterocycles. The second-order valence-electron chi connectivity index (χ2n) is 5.04. The highest BCUT2D eigenvalue weighted by Crippen LogP contribution is 2.10. The molecular formula is C12H26N4O3S. The summed E-state index contributed by atoms with van der Waals surface area (Å²) in [6.07, 6.45) is 0.650. The summed E-state index contributed by atoms with van der Waals surface area (Å²) in [5.41, 5.74) is 0. The number of guanidine groups is 1. The summed E-state index contributed by atoms with van der Waals surface area (Å²) in [6.45, 7) is 3.21. The Morgan fingerprint density at radius 1 is 1.45 bits per heavy atom. The van der Waals surface area contributed by atoms with Crippen LogP contribution in [-0.2, 0) is 14.6 Å². The lowest BCUT2D eigenvalue weighted by molar-refractivity contribution is 0.162. The molecule has 0 aromatic rings. The summed E-state index contributed by atoms with van der Waals surface area (Å²) in [6, 6.07) is -0.0302. The summed E-state index contributed by atoms with van der Waals surface area (Å²) in [5.74, 6) is 1.12. The second-order valence-corrected chi connectivity index (χ2v) is 7.27. The Bertz CT molecular complexity index is 411. The largest absolute Gasteiger partial charge is 0.383 e. The molecule has 1 atom stereocenters. The van der Waals surface area contributed by atoms with Crippen molar-refractivity contribution in [3.63, 3.8) is 0 Å². The summed E-state index contributed by atoms with van der Waals surface area (Å²) in [4.78, 5) is 6.27. The molecule has 0 aliphatic carbocycles. The number of methoxy groups -OCH3 is 1. The van der Waals surface area contributed by atoms with Gasteiger partial charge in [0.25, 0.3) is 0 Å². The first-order chi connectivity index (χ1) is 9.46. The standard InChI is InChI=1S/C12H26N4O3S/c1-13-12(14-5-6-16(2)7-8-19-3)15-11-4-9-20(17,18)10-11/h11H,4-10H2,1-3H3,(H2,13,14,15). The number of hydrogen-bond donors (Lipinski definition) is 2. The maximum atomic E-state index is 11.4. The van der Waals surface area contributed by atoms with Crippen LogP contribution in [0.2, 0.25) is 0 Å². The number of nitrogens with one attached hydrogen (secondary N) is 2. The van der Waals surface area contributed by atoms with Gasteiger partial charge in [0.1, 0.15) is 0 Å². The van der Waals surface area contributed by atoms with E-state index in [1.165, 1.54) is 0 Å². The van der Waals surface area contributed by atoms with Gasteiger partial charge in [0.15, 0.2) is 15.8 Å². The van der Waals surface area contributed by atoms with E-state index in [0.29, 0.717) is 19.0 Å². The molecule has 0 radical (unpaired) electrons. The van der Waals surface area contributed by atoms with E-state index >= 15 is 0 Å². The Hall–Kier alpha value is -0.860. The molecular weight excluding hydrogens is 280 g/mol. The van der Waals surface area contributed by atoms with E-state index < -0.39 is 9.84 Å². The van der Waals surface area contributed by atoms with Gasteiger partial charge in [-0.15, -0.1) is 0 Å². The third-order valence-electron chi connectivity index (χ3n) is 3.26. The van der Waals surface area contributed by atoms with E-state index in [4.69, 9.17) is 4.74 Å². The van der Waals surface area contributed by atoms with Gasteiger partial charge in [0, 0.05) is 39.8 Å². The number of hydrogen-bond acceptors (Lipinski definition) is 5. The normalized spacial score (nSPS) is 22.2. The van der Waals surface area contributed by atoms with Crippen molar-refractivity contribution in [1.82, 2.24) is 15.5 Å². The molecule has 8 heteroatoms. The van der Waals surface area contributed by atoms with Gasteiger partial charge in [-0.1, -0.05) is 0 Å². The van der Waals surface area contributed by atoms with Crippen LogP contribution >= 0.6 is 0 Å². The van der Waals surface area contributed by atoms with Crippen molar-refractivity contribution in [2.24, 2.45) is 4.99 Å². The molecule has 0 amide bonds. The zero-order valence-corrected chi connectivity index (χ0v) is 13.4. The van der Waals surface area contributed by atoms with Gasteiger partial charge in [0.05, 0.1) is 18.1 Å². The average Bonchev–Trinajstić information content (AvgIpc) is 2.74. The number of aliphatic imine (C=N–C) groups is 1. The molecule has 1 aliphatic heterocycles. The highest BCUT2D eigenvalue weighted by molar-refractivity contribution is 7.91. The first kappa shape index (κ1) is 17.2. The zero-order valence-electron chi connectivity index (χ0n) is 12.6. The highest BCUT2D eigenvalue weighted by Gasteiger charge is 2.28. The molecule has 2 N–H and O–H groups in total. The molecule has 1 unspecified atom stereocenters. The van der Waals surface area contributed by atoms with Crippen LogP contribution in [0.5, 0.6) is 0 Å². The van der Waals surface area contributed by atoms with Crippen LogP contribution in [-0.4, -0.2) is 84.3 Å². The van der Waals surface area contributed by atoms with E-state index in [9.17, 15) is 8.42 Å². The zero-order chi connectivity index (χ0) is 15.0. The van der Waals surface area contributed by atoms with E-state index in [0.717, 1.165) is 19.6 Å². The summed E-state index contributed by atoms with van der Waals surface area (Å²) < 4.78 is 27.8. The predicted octanol–water partition coefficient (Wildman–Crippen LogP) is -1.08. The topological polar surface area (TPSA) is 83.0 Å². The molecule has 1 rings (SSSR count). The van der Waals surface area contributed by atoms with Gasteiger partial charge in [-0.05, 0) is 13.5 Å². The summed E-state index contributed by atoms with van der Waals surface area (Å²) in [7, 11) is 2.54. The maximum absolute atomic E-state index is 11.4. The van der Waals surface area contributed by atoms with Crippen LogP contribution in [0.4, 0.5) is 0 Å². The molecule has 1 saturated heterocycles. The van der Waals surface area contributed by atoms with Crippen molar-refractivity contribution in [1.29, 1.82) is 0 Å². The molecule has 7 nitrogen and oxygen atoms in total. The lowest BCUT2D eigenvalue weighted by atomic mass is 10.3. The third-order valence-corrected chi connectivity index (χ3v) is 5.03. The van der Waals surface area contributed by atoms with Gasteiger partial charge in [-0.3, -0.25) is 4.99 Å². The first-order valence-corrected chi connectivity index (χ1v) is 8.64. The van der Waals surface area contributed by atoms with Crippen LogP contribution in [0.15, 0.2) is 4.99 Å². The van der Waals surface area contributed by atoms with E-state index in [1.807, 2.05) is 7.05 Å². The number of sulfone groups is 1. The molecule has 20 heavy (non-hydrogen) atoms. The molecule has 1 fully saturated rings. The molecule has 0 saturated carbocycles. The fourth-order valence-corrected chi connectivity index (χ4v) is 3.69. The van der Waals surface area contributed by atoms with Gasteiger partial charge in [0.2, 0.25) is 0 Å². The predicted molar refractivity (Wildman–Crippen MR) is 80.9 cm³/mol. The molecule has 1 aliphatic rings. The number of nitrogens with zero attached hydrogens (tertiary/aromatic N) is 2. The highest BCUT2D eigenvalue weighted by atomic mass is 32.2. The van der Waals surface area contributed by atoms with Crippen LogP contribution in [0, 0.1) is 0 Å². The van der Waals surface area contributed by atoms with Crippen molar-refractivity contribution >= 4 is 15.8 Å². The second kappa shape index (κ2) is 8.43. The smallest absolute Gasteiger partial charge is 0.191 e.